The molecular weight excluding hydrogens is 154 g/mol. The van der Waals surface area contributed by atoms with E-state index in [1.54, 1.807) is 13.8 Å². The maximum atomic E-state index is 11.8. The Kier molecular flexibility index (Phi) is 2.44. The smallest absolute Gasteiger partial charge is 0.241 e. The Morgan fingerprint density at radius 2 is 2.18 bits per heavy atom. The van der Waals surface area contributed by atoms with E-state index in [-0.39, 0.29) is 13.0 Å². The van der Waals surface area contributed by atoms with Crippen molar-refractivity contribution >= 4 is 0 Å². The van der Waals surface area contributed by atoms with Crippen LogP contribution in [0.4, 0.5) is 8.78 Å². The molecule has 1 saturated heterocycles. The monoisotopic (exact) mass is 166 g/mol. The van der Waals surface area contributed by atoms with Crippen molar-refractivity contribution in [2.24, 2.45) is 0 Å². The maximum Gasteiger partial charge on any atom is 0.241 e. The van der Waals surface area contributed by atoms with E-state index in [1.807, 2.05) is 0 Å². The Hall–Kier alpha value is -0.220. The highest BCUT2D eigenvalue weighted by Gasteiger charge is 2.33. The van der Waals surface area contributed by atoms with Crippen LogP contribution in [0.1, 0.15) is 20.3 Å². The highest BCUT2D eigenvalue weighted by Crippen LogP contribution is 2.25. The summed E-state index contributed by atoms with van der Waals surface area (Å²) in [6.45, 7) is 3.72. The van der Waals surface area contributed by atoms with Crippen LogP contribution >= 0.6 is 0 Å². The fourth-order valence-corrected chi connectivity index (χ4v) is 1.08. The van der Waals surface area contributed by atoms with Crippen LogP contribution in [0.15, 0.2) is 0 Å². The van der Waals surface area contributed by atoms with E-state index in [0.29, 0.717) is 0 Å². The normalized spacial score (nSPS) is 29.7. The first-order valence-electron chi connectivity index (χ1n) is 3.59. The van der Waals surface area contributed by atoms with Crippen LogP contribution in [0.25, 0.3) is 0 Å². The molecule has 0 radical (unpaired) electrons. The third kappa shape index (κ3) is 2.71. The molecule has 66 valence electrons. The zero-order valence-electron chi connectivity index (χ0n) is 6.64. The maximum absolute atomic E-state index is 11.8. The molecule has 1 rings (SSSR count). The molecule has 0 aromatic heterocycles. The van der Waals surface area contributed by atoms with Gasteiger partial charge in [-0.25, -0.2) is 8.78 Å². The van der Waals surface area contributed by atoms with E-state index < -0.39 is 18.3 Å². The van der Waals surface area contributed by atoms with E-state index in [9.17, 15) is 8.78 Å². The van der Waals surface area contributed by atoms with E-state index in [1.165, 1.54) is 0 Å². The van der Waals surface area contributed by atoms with Crippen LogP contribution < -0.4 is 0 Å². The zero-order valence-corrected chi connectivity index (χ0v) is 6.64. The topological polar surface area (TPSA) is 18.5 Å². The predicted octanol–water partition coefficient (Wildman–Crippen LogP) is 1.79. The van der Waals surface area contributed by atoms with Crippen molar-refractivity contribution in [3.8, 4) is 0 Å². The molecule has 1 atom stereocenters. The molecule has 1 aliphatic heterocycles. The Bertz CT molecular complexity index is 136. The van der Waals surface area contributed by atoms with Gasteiger partial charge in [0.25, 0.3) is 0 Å². The molecule has 0 unspecified atom stereocenters. The molecule has 0 bridgehead atoms. The Labute approximate surface area is 64.5 Å². The van der Waals surface area contributed by atoms with Crippen molar-refractivity contribution in [2.75, 3.05) is 6.61 Å². The van der Waals surface area contributed by atoms with Gasteiger partial charge in [0.05, 0.1) is 12.7 Å². The number of hydrogen-bond acceptors (Lipinski definition) is 2. The quantitative estimate of drug-likeness (QED) is 0.622. The summed E-state index contributed by atoms with van der Waals surface area (Å²) in [5.41, 5.74) is 0. The van der Waals surface area contributed by atoms with Gasteiger partial charge in [-0.05, 0) is 13.8 Å². The Morgan fingerprint density at radius 3 is 2.55 bits per heavy atom. The molecule has 1 fully saturated rings. The lowest BCUT2D eigenvalue weighted by Crippen LogP contribution is -2.22. The van der Waals surface area contributed by atoms with Gasteiger partial charge in [-0.3, -0.25) is 0 Å². The lowest BCUT2D eigenvalue weighted by molar-refractivity contribution is -0.142. The van der Waals surface area contributed by atoms with Gasteiger partial charge in [0, 0.05) is 6.42 Å². The third-order valence-corrected chi connectivity index (χ3v) is 1.51. The first kappa shape index (κ1) is 8.87. The lowest BCUT2D eigenvalue weighted by atomic mass is 10.3. The van der Waals surface area contributed by atoms with E-state index in [4.69, 9.17) is 9.47 Å². The molecule has 0 aromatic carbocycles. The number of ether oxygens (including phenoxy) is 2. The molecule has 0 N–H and O–H groups in total. The van der Waals surface area contributed by atoms with Crippen LogP contribution in [0.2, 0.25) is 0 Å². The molecule has 1 heterocycles. The average Bonchev–Trinajstić information content (AvgIpc) is 2.08. The van der Waals surface area contributed by atoms with Crippen molar-refractivity contribution in [3.63, 3.8) is 0 Å². The van der Waals surface area contributed by atoms with Gasteiger partial charge in [-0.1, -0.05) is 0 Å². The van der Waals surface area contributed by atoms with Crippen LogP contribution in [0.5, 0.6) is 0 Å². The molecule has 0 amide bonds. The minimum atomic E-state index is -2.31. The predicted molar refractivity (Wildman–Crippen MR) is 35.5 cm³/mol. The fourth-order valence-electron chi connectivity index (χ4n) is 1.08. The summed E-state index contributed by atoms with van der Waals surface area (Å²) in [6, 6.07) is 0. The number of hydrogen-bond donors (Lipinski definition) is 0. The molecule has 2 nitrogen and oxygen atoms in total. The molecule has 0 spiro atoms. The first-order chi connectivity index (χ1) is 4.99. The SMILES string of the molecule is CC1(C)OC[C@H](CC(F)F)O1. The van der Waals surface area contributed by atoms with Gasteiger partial charge in [0.2, 0.25) is 6.43 Å². The van der Waals surface area contributed by atoms with Crippen molar-refractivity contribution in [2.45, 2.75) is 38.6 Å². The molecular formula is C7H12F2O2. The molecule has 1 aliphatic rings. The summed E-state index contributed by atoms with van der Waals surface area (Å²) < 4.78 is 33.9. The van der Waals surface area contributed by atoms with E-state index >= 15 is 0 Å². The van der Waals surface area contributed by atoms with Crippen molar-refractivity contribution < 1.29 is 18.3 Å². The van der Waals surface area contributed by atoms with Gasteiger partial charge in [0.1, 0.15) is 0 Å². The van der Waals surface area contributed by atoms with Gasteiger partial charge < -0.3 is 9.47 Å². The molecule has 0 saturated carbocycles. The summed E-state index contributed by atoms with van der Waals surface area (Å²) in [7, 11) is 0. The number of alkyl halides is 2. The van der Waals surface area contributed by atoms with Crippen LogP contribution in [-0.2, 0) is 9.47 Å². The van der Waals surface area contributed by atoms with Gasteiger partial charge in [0.15, 0.2) is 5.79 Å². The zero-order chi connectivity index (χ0) is 8.48. The molecule has 11 heavy (non-hydrogen) atoms. The van der Waals surface area contributed by atoms with Crippen LogP contribution in [0.3, 0.4) is 0 Å². The summed E-state index contributed by atoms with van der Waals surface area (Å²) in [6.07, 6.45) is -2.98. The van der Waals surface area contributed by atoms with Crippen molar-refractivity contribution in [3.05, 3.63) is 0 Å². The van der Waals surface area contributed by atoms with Gasteiger partial charge >= 0.3 is 0 Å². The average molecular weight is 166 g/mol. The van der Waals surface area contributed by atoms with Crippen LogP contribution in [-0.4, -0.2) is 24.9 Å². The fraction of sp³-hybridized carbons (Fsp3) is 1.00. The third-order valence-electron chi connectivity index (χ3n) is 1.51. The molecule has 0 aliphatic carbocycles. The summed E-state index contributed by atoms with van der Waals surface area (Å²) >= 11 is 0. The number of rotatable bonds is 2. The summed E-state index contributed by atoms with van der Waals surface area (Å²) in [5.74, 6) is -0.681. The van der Waals surface area contributed by atoms with E-state index in [0.717, 1.165) is 0 Å². The van der Waals surface area contributed by atoms with Crippen molar-refractivity contribution in [1.82, 2.24) is 0 Å². The highest BCUT2D eigenvalue weighted by molar-refractivity contribution is 4.71. The second-order valence-electron chi connectivity index (χ2n) is 3.08. The lowest BCUT2D eigenvalue weighted by Gasteiger charge is -2.16. The van der Waals surface area contributed by atoms with Crippen LogP contribution in [0, 0.1) is 0 Å². The first-order valence-corrected chi connectivity index (χ1v) is 3.59. The Morgan fingerprint density at radius 1 is 1.55 bits per heavy atom. The number of halogens is 2. The van der Waals surface area contributed by atoms with Gasteiger partial charge in [-0.2, -0.15) is 0 Å². The van der Waals surface area contributed by atoms with Gasteiger partial charge in [-0.15, -0.1) is 0 Å². The summed E-state index contributed by atoms with van der Waals surface area (Å²) in [4.78, 5) is 0. The minimum Gasteiger partial charge on any atom is -0.348 e. The Balaban J connectivity index is 2.31. The van der Waals surface area contributed by atoms with Crippen molar-refractivity contribution in [1.29, 1.82) is 0 Å². The largest absolute Gasteiger partial charge is 0.348 e. The minimum absolute atomic E-state index is 0.233. The highest BCUT2D eigenvalue weighted by atomic mass is 19.3. The summed E-state index contributed by atoms with van der Waals surface area (Å²) in [5, 5.41) is 0. The van der Waals surface area contributed by atoms with E-state index in [2.05, 4.69) is 0 Å². The second-order valence-corrected chi connectivity index (χ2v) is 3.08. The molecule has 0 aromatic rings. The second kappa shape index (κ2) is 3.03. The molecule has 4 heteroatoms. The standard InChI is InChI=1S/C7H12F2O2/c1-7(2)10-4-5(11-7)3-6(8)9/h5-6H,3-4H2,1-2H3/t5-/m0/s1.